The fraction of sp³-hybridized carbons (Fsp3) is 0.316. The summed E-state index contributed by atoms with van der Waals surface area (Å²) >= 11 is 11.9. The van der Waals surface area contributed by atoms with E-state index < -0.39 is 21.2 Å². The van der Waals surface area contributed by atoms with E-state index in [9.17, 15) is 13.2 Å². The van der Waals surface area contributed by atoms with Crippen molar-refractivity contribution in [2.75, 3.05) is 13.1 Å². The Bertz CT molecular complexity index is 934. The molecule has 0 aromatic heterocycles. The molecule has 144 valence electrons. The maximum atomic E-state index is 12.7. The molecule has 1 heterocycles. The van der Waals surface area contributed by atoms with E-state index in [2.05, 4.69) is 0 Å². The summed E-state index contributed by atoms with van der Waals surface area (Å²) in [5, 5.41) is 0.170. The molecule has 1 aliphatic rings. The molecule has 0 spiro atoms. The first-order valence-electron chi connectivity index (χ1n) is 8.48. The highest BCUT2D eigenvalue weighted by molar-refractivity contribution is 7.92. The average Bonchev–Trinajstić information content (AvgIpc) is 3.15. The highest BCUT2D eigenvalue weighted by Crippen LogP contribution is 2.29. The Kier molecular flexibility index (Phi) is 5.99. The van der Waals surface area contributed by atoms with E-state index in [-0.39, 0.29) is 17.3 Å². The maximum absolute atomic E-state index is 12.7. The second-order valence-electron chi connectivity index (χ2n) is 6.39. The largest absolute Gasteiger partial charge is 0.479 e. The molecule has 8 heteroatoms. The first kappa shape index (κ1) is 20.0. The Morgan fingerprint density at radius 1 is 1.19 bits per heavy atom. The smallest absolute Gasteiger partial charge is 0.263 e. The van der Waals surface area contributed by atoms with Crippen LogP contribution in [-0.2, 0) is 14.6 Å². The zero-order valence-corrected chi connectivity index (χ0v) is 17.0. The zero-order valence-electron chi connectivity index (χ0n) is 14.6. The van der Waals surface area contributed by atoms with E-state index >= 15 is 0 Å². The van der Waals surface area contributed by atoms with Crippen molar-refractivity contribution in [3.63, 3.8) is 0 Å². The van der Waals surface area contributed by atoms with Crippen LogP contribution >= 0.6 is 23.2 Å². The molecule has 5 nitrogen and oxygen atoms in total. The van der Waals surface area contributed by atoms with E-state index in [0.717, 1.165) is 0 Å². The molecular weight excluding hydrogens is 409 g/mol. The van der Waals surface area contributed by atoms with Gasteiger partial charge in [-0.3, -0.25) is 4.79 Å². The van der Waals surface area contributed by atoms with Gasteiger partial charge in [0.2, 0.25) is 0 Å². The van der Waals surface area contributed by atoms with Crippen LogP contribution in [0.1, 0.15) is 13.3 Å². The van der Waals surface area contributed by atoms with Gasteiger partial charge in [-0.2, -0.15) is 0 Å². The van der Waals surface area contributed by atoms with Crippen LogP contribution in [0.5, 0.6) is 5.75 Å². The molecule has 0 saturated carbocycles. The number of amides is 1. The van der Waals surface area contributed by atoms with Crippen LogP contribution in [0.3, 0.4) is 0 Å². The average molecular weight is 428 g/mol. The van der Waals surface area contributed by atoms with Crippen molar-refractivity contribution >= 4 is 38.9 Å². The van der Waals surface area contributed by atoms with Crippen LogP contribution < -0.4 is 4.74 Å². The number of carbonyl (C=O) groups excluding carboxylic acids is 1. The molecule has 0 aliphatic carbocycles. The Balaban J connectivity index is 1.66. The molecule has 0 bridgehead atoms. The third-order valence-corrected chi connectivity index (χ3v) is 7.23. The Morgan fingerprint density at radius 2 is 1.89 bits per heavy atom. The number of ether oxygens (including phenoxy) is 1. The van der Waals surface area contributed by atoms with Crippen molar-refractivity contribution < 1.29 is 17.9 Å². The summed E-state index contributed by atoms with van der Waals surface area (Å²) in [6, 6.07) is 13.1. The van der Waals surface area contributed by atoms with Gasteiger partial charge in [0.05, 0.1) is 15.2 Å². The van der Waals surface area contributed by atoms with Crippen molar-refractivity contribution in [2.45, 2.75) is 29.6 Å². The van der Waals surface area contributed by atoms with Crippen molar-refractivity contribution in [1.82, 2.24) is 4.90 Å². The van der Waals surface area contributed by atoms with Gasteiger partial charge in [0.1, 0.15) is 5.75 Å². The summed E-state index contributed by atoms with van der Waals surface area (Å²) in [5.41, 5.74) is 0. The van der Waals surface area contributed by atoms with Crippen LogP contribution in [-0.4, -0.2) is 43.7 Å². The van der Waals surface area contributed by atoms with Gasteiger partial charge in [-0.15, -0.1) is 0 Å². The Labute approximate surface area is 168 Å². The first-order chi connectivity index (χ1) is 12.8. The third kappa shape index (κ3) is 4.39. The highest BCUT2D eigenvalue weighted by atomic mass is 35.5. The molecular formula is C19H19Cl2NO4S. The molecule has 0 N–H and O–H groups in total. The summed E-state index contributed by atoms with van der Waals surface area (Å²) in [5.74, 6) is 0.0846. The van der Waals surface area contributed by atoms with Crippen molar-refractivity contribution in [1.29, 1.82) is 0 Å². The van der Waals surface area contributed by atoms with Crippen LogP contribution in [0.25, 0.3) is 0 Å². The van der Waals surface area contributed by atoms with Crippen molar-refractivity contribution in [3.8, 4) is 5.75 Å². The van der Waals surface area contributed by atoms with Gasteiger partial charge in [0.25, 0.3) is 5.91 Å². The molecule has 27 heavy (non-hydrogen) atoms. The Hall–Kier alpha value is -1.76. The number of likely N-dealkylation sites (tertiary alicyclic amines) is 1. The molecule has 0 radical (unpaired) electrons. The van der Waals surface area contributed by atoms with Gasteiger partial charge in [0.15, 0.2) is 15.9 Å². The minimum absolute atomic E-state index is 0.151. The monoisotopic (exact) mass is 427 g/mol. The van der Waals surface area contributed by atoms with Gasteiger partial charge in [-0.05, 0) is 43.7 Å². The zero-order chi connectivity index (χ0) is 19.6. The predicted molar refractivity (Wildman–Crippen MR) is 105 cm³/mol. The summed E-state index contributed by atoms with van der Waals surface area (Å²) in [6.07, 6.45) is -0.390. The number of carbonyl (C=O) groups is 1. The second-order valence-corrected chi connectivity index (χ2v) is 9.46. The molecule has 2 atom stereocenters. The van der Waals surface area contributed by atoms with E-state index in [4.69, 9.17) is 27.9 Å². The molecule has 1 fully saturated rings. The molecule has 2 aromatic carbocycles. The van der Waals surface area contributed by atoms with Gasteiger partial charge in [-0.1, -0.05) is 41.4 Å². The lowest BCUT2D eigenvalue weighted by atomic mass is 10.3. The SMILES string of the molecule is CC(Oc1ccc(Cl)cc1Cl)C(=O)N1CCC(S(=O)(=O)c2ccccc2)C1. The number of benzene rings is 2. The van der Waals surface area contributed by atoms with Crippen LogP contribution in [0.15, 0.2) is 53.4 Å². The standard InChI is InChI=1S/C19H19Cl2NO4S/c1-13(26-18-8-7-14(20)11-17(18)21)19(23)22-10-9-16(12-22)27(24,25)15-5-3-2-4-6-15/h2-8,11,13,16H,9-10,12H2,1H3. The Morgan fingerprint density at radius 3 is 2.56 bits per heavy atom. The van der Waals surface area contributed by atoms with E-state index in [0.29, 0.717) is 28.8 Å². The molecule has 1 amide bonds. The number of hydrogen-bond acceptors (Lipinski definition) is 4. The van der Waals surface area contributed by atoms with Gasteiger partial charge >= 0.3 is 0 Å². The molecule has 1 saturated heterocycles. The summed E-state index contributed by atoms with van der Waals surface area (Å²) in [6.45, 7) is 2.14. The van der Waals surface area contributed by atoms with Crippen LogP contribution in [0.2, 0.25) is 10.0 Å². The lowest BCUT2D eigenvalue weighted by Crippen LogP contribution is -2.40. The topological polar surface area (TPSA) is 63.7 Å². The van der Waals surface area contributed by atoms with Gasteiger partial charge < -0.3 is 9.64 Å². The van der Waals surface area contributed by atoms with Gasteiger partial charge in [-0.25, -0.2) is 8.42 Å². The molecule has 2 aromatic rings. The van der Waals surface area contributed by atoms with Crippen molar-refractivity contribution in [2.24, 2.45) is 0 Å². The van der Waals surface area contributed by atoms with Gasteiger partial charge in [0, 0.05) is 18.1 Å². The maximum Gasteiger partial charge on any atom is 0.263 e. The van der Waals surface area contributed by atoms with E-state index in [1.165, 1.54) is 11.0 Å². The number of hydrogen-bond donors (Lipinski definition) is 0. The van der Waals surface area contributed by atoms with E-state index in [1.807, 2.05) is 0 Å². The van der Waals surface area contributed by atoms with Crippen LogP contribution in [0, 0.1) is 0 Å². The fourth-order valence-corrected chi connectivity index (χ4v) is 5.22. The second kappa shape index (κ2) is 8.09. The third-order valence-electron chi connectivity index (χ3n) is 4.51. The normalized spacial score (nSPS) is 18.3. The number of rotatable bonds is 5. The lowest BCUT2D eigenvalue weighted by molar-refractivity contribution is -0.136. The summed E-state index contributed by atoms with van der Waals surface area (Å²) < 4.78 is 31.1. The van der Waals surface area contributed by atoms with Crippen LogP contribution in [0.4, 0.5) is 0 Å². The number of nitrogens with zero attached hydrogens (tertiary/aromatic N) is 1. The number of halogens is 2. The molecule has 2 unspecified atom stereocenters. The number of sulfone groups is 1. The highest BCUT2D eigenvalue weighted by Gasteiger charge is 2.37. The fourth-order valence-electron chi connectivity index (χ4n) is 3.05. The van der Waals surface area contributed by atoms with E-state index in [1.54, 1.807) is 49.4 Å². The summed E-state index contributed by atoms with van der Waals surface area (Å²) in [4.78, 5) is 14.5. The summed E-state index contributed by atoms with van der Waals surface area (Å²) in [7, 11) is -3.47. The van der Waals surface area contributed by atoms with Crippen molar-refractivity contribution in [3.05, 3.63) is 58.6 Å². The molecule has 1 aliphatic heterocycles. The molecule has 3 rings (SSSR count). The first-order valence-corrected chi connectivity index (χ1v) is 10.8. The lowest BCUT2D eigenvalue weighted by Gasteiger charge is -2.22. The minimum atomic E-state index is -3.47. The predicted octanol–water partition coefficient (Wildman–Crippen LogP) is 3.84. The quantitative estimate of drug-likeness (QED) is 0.726. The minimum Gasteiger partial charge on any atom is -0.479 e.